The molecule has 1 heterocycles. The summed E-state index contributed by atoms with van der Waals surface area (Å²) >= 11 is 2.05. The summed E-state index contributed by atoms with van der Waals surface area (Å²) in [6.07, 6.45) is 7.81. The summed E-state index contributed by atoms with van der Waals surface area (Å²) < 4.78 is 0. The Morgan fingerprint density at radius 3 is 2.73 bits per heavy atom. The molecule has 1 N–H and O–H groups in total. The van der Waals surface area contributed by atoms with Gasteiger partial charge in [-0.1, -0.05) is 6.42 Å². The highest BCUT2D eigenvalue weighted by Crippen LogP contribution is 2.29. The number of nitrogens with zero attached hydrogens (tertiary/aromatic N) is 1. The predicted octanol–water partition coefficient (Wildman–Crippen LogP) is 1.95. The van der Waals surface area contributed by atoms with Gasteiger partial charge in [0.25, 0.3) is 0 Å². The molecule has 2 nitrogen and oxygen atoms in total. The van der Waals surface area contributed by atoms with Crippen molar-refractivity contribution in [1.29, 1.82) is 0 Å². The smallest absolute Gasteiger partial charge is 0.0212 e. The van der Waals surface area contributed by atoms with E-state index in [1.54, 1.807) is 0 Å². The molecule has 15 heavy (non-hydrogen) atoms. The molecule has 0 aromatic heterocycles. The third kappa shape index (κ3) is 2.69. The van der Waals surface area contributed by atoms with Crippen molar-refractivity contribution in [3.8, 4) is 0 Å². The van der Waals surface area contributed by atoms with Crippen LogP contribution in [0.5, 0.6) is 0 Å². The van der Waals surface area contributed by atoms with Crippen LogP contribution in [0.25, 0.3) is 0 Å². The maximum absolute atomic E-state index is 3.88. The normalized spacial score (nSPS) is 42.6. The molecule has 0 radical (unpaired) electrons. The summed E-state index contributed by atoms with van der Waals surface area (Å²) in [7, 11) is 2.24. The second kappa shape index (κ2) is 5.07. The van der Waals surface area contributed by atoms with Gasteiger partial charge in [-0.15, -0.1) is 0 Å². The van der Waals surface area contributed by atoms with Crippen molar-refractivity contribution in [2.75, 3.05) is 19.8 Å². The molecule has 0 bridgehead atoms. The average molecular weight is 228 g/mol. The zero-order valence-corrected chi connectivity index (χ0v) is 11.0. The van der Waals surface area contributed by atoms with Gasteiger partial charge < -0.3 is 10.2 Å². The van der Waals surface area contributed by atoms with Crippen molar-refractivity contribution in [3.63, 3.8) is 0 Å². The molecule has 2 rings (SSSR count). The maximum Gasteiger partial charge on any atom is 0.0212 e. The number of hydrogen-bond acceptors (Lipinski definition) is 3. The number of likely N-dealkylation sites (tertiary alicyclic amines) is 1. The predicted molar refractivity (Wildman–Crippen MR) is 68.6 cm³/mol. The van der Waals surface area contributed by atoms with E-state index in [1.165, 1.54) is 32.2 Å². The topological polar surface area (TPSA) is 15.3 Å². The molecule has 1 saturated carbocycles. The van der Waals surface area contributed by atoms with Crippen LogP contribution in [0, 0.1) is 0 Å². The molecule has 4 atom stereocenters. The number of likely N-dealkylation sites (N-methyl/N-ethyl adjacent to an activating group) is 1. The Kier molecular flexibility index (Phi) is 3.97. The lowest BCUT2D eigenvalue weighted by Crippen LogP contribution is -2.42. The molecule has 1 aliphatic heterocycles. The lowest BCUT2D eigenvalue weighted by atomic mass is 10.1. The third-order valence-corrected chi connectivity index (χ3v) is 5.26. The van der Waals surface area contributed by atoms with Crippen LogP contribution >= 0.6 is 11.8 Å². The van der Waals surface area contributed by atoms with Crippen molar-refractivity contribution >= 4 is 11.8 Å². The number of rotatable bonds is 3. The Hall–Kier alpha value is 0.270. The fourth-order valence-electron chi connectivity index (χ4n) is 3.02. The third-order valence-electron chi connectivity index (χ3n) is 4.09. The molecule has 2 aliphatic rings. The van der Waals surface area contributed by atoms with Gasteiger partial charge >= 0.3 is 0 Å². The van der Waals surface area contributed by atoms with Gasteiger partial charge in [-0.2, -0.15) is 11.8 Å². The molecular weight excluding hydrogens is 204 g/mol. The van der Waals surface area contributed by atoms with E-state index in [2.05, 4.69) is 30.4 Å². The highest BCUT2D eigenvalue weighted by Gasteiger charge is 2.32. The van der Waals surface area contributed by atoms with E-state index >= 15 is 0 Å². The first-order valence-electron chi connectivity index (χ1n) is 6.19. The van der Waals surface area contributed by atoms with Crippen molar-refractivity contribution in [1.82, 2.24) is 10.2 Å². The molecule has 0 spiro atoms. The molecule has 1 saturated heterocycles. The van der Waals surface area contributed by atoms with E-state index in [9.17, 15) is 0 Å². The van der Waals surface area contributed by atoms with Gasteiger partial charge in [-0.3, -0.25) is 0 Å². The van der Waals surface area contributed by atoms with E-state index in [-0.39, 0.29) is 0 Å². The minimum absolute atomic E-state index is 0.739. The molecule has 0 aromatic carbocycles. The summed E-state index contributed by atoms with van der Waals surface area (Å²) in [6, 6.07) is 2.28. The SMILES string of the molecule is CSC1CCCC1NC1CC(C)N(C)C1. The zero-order chi connectivity index (χ0) is 10.8. The summed E-state index contributed by atoms with van der Waals surface area (Å²) in [5, 5.41) is 4.74. The summed E-state index contributed by atoms with van der Waals surface area (Å²) in [4.78, 5) is 2.47. The summed E-state index contributed by atoms with van der Waals surface area (Å²) in [6.45, 7) is 3.57. The van der Waals surface area contributed by atoms with Crippen LogP contribution in [0.3, 0.4) is 0 Å². The fraction of sp³-hybridized carbons (Fsp3) is 1.00. The highest BCUT2D eigenvalue weighted by molar-refractivity contribution is 7.99. The van der Waals surface area contributed by atoms with Crippen LogP contribution in [0.15, 0.2) is 0 Å². The molecule has 4 unspecified atom stereocenters. The van der Waals surface area contributed by atoms with Crippen LogP contribution < -0.4 is 5.32 Å². The van der Waals surface area contributed by atoms with E-state index in [1.807, 2.05) is 11.8 Å². The highest BCUT2D eigenvalue weighted by atomic mass is 32.2. The lowest BCUT2D eigenvalue weighted by molar-refractivity contribution is 0.324. The van der Waals surface area contributed by atoms with Crippen molar-refractivity contribution in [2.45, 2.75) is 56.0 Å². The molecule has 88 valence electrons. The molecule has 1 aliphatic carbocycles. The summed E-state index contributed by atoms with van der Waals surface area (Å²) in [5.74, 6) is 0. The monoisotopic (exact) mass is 228 g/mol. The van der Waals surface area contributed by atoms with E-state index in [0.29, 0.717) is 0 Å². The van der Waals surface area contributed by atoms with E-state index < -0.39 is 0 Å². The van der Waals surface area contributed by atoms with Gasteiger partial charge in [-0.05, 0) is 39.5 Å². The van der Waals surface area contributed by atoms with Crippen molar-refractivity contribution < 1.29 is 0 Å². The second-order valence-corrected chi connectivity index (χ2v) is 6.28. The second-order valence-electron chi connectivity index (χ2n) is 5.20. The Balaban J connectivity index is 1.82. The zero-order valence-electron chi connectivity index (χ0n) is 10.2. The first kappa shape index (κ1) is 11.7. The molecular formula is C12H24N2S. The Morgan fingerprint density at radius 2 is 2.13 bits per heavy atom. The molecule has 3 heteroatoms. The number of hydrogen-bond donors (Lipinski definition) is 1. The van der Waals surface area contributed by atoms with Crippen molar-refractivity contribution in [2.24, 2.45) is 0 Å². The van der Waals surface area contributed by atoms with Crippen LogP contribution in [0.2, 0.25) is 0 Å². The van der Waals surface area contributed by atoms with Gasteiger partial charge in [0.15, 0.2) is 0 Å². The minimum Gasteiger partial charge on any atom is -0.309 e. The van der Waals surface area contributed by atoms with Crippen LogP contribution in [-0.4, -0.2) is 48.1 Å². The average Bonchev–Trinajstić information content (AvgIpc) is 2.75. The standard InChI is InChI=1S/C12H24N2S/c1-9-7-10(8-14(9)2)13-11-5-4-6-12(11)15-3/h9-13H,4-8H2,1-3H3. The first-order chi connectivity index (χ1) is 7.20. The first-order valence-corrected chi connectivity index (χ1v) is 7.48. The van der Waals surface area contributed by atoms with Gasteiger partial charge in [0.05, 0.1) is 0 Å². The molecule has 2 fully saturated rings. The van der Waals surface area contributed by atoms with E-state index in [4.69, 9.17) is 0 Å². The Bertz CT molecular complexity index is 200. The van der Waals surface area contributed by atoms with Crippen LogP contribution in [-0.2, 0) is 0 Å². The van der Waals surface area contributed by atoms with Gasteiger partial charge in [-0.25, -0.2) is 0 Å². The largest absolute Gasteiger partial charge is 0.309 e. The number of thioether (sulfide) groups is 1. The van der Waals surface area contributed by atoms with Crippen molar-refractivity contribution in [3.05, 3.63) is 0 Å². The fourth-order valence-corrected chi connectivity index (χ4v) is 3.96. The quantitative estimate of drug-likeness (QED) is 0.795. The number of nitrogens with one attached hydrogen (secondary N) is 1. The van der Waals surface area contributed by atoms with Crippen LogP contribution in [0.1, 0.15) is 32.6 Å². The van der Waals surface area contributed by atoms with Gasteiger partial charge in [0.2, 0.25) is 0 Å². The Morgan fingerprint density at radius 1 is 1.33 bits per heavy atom. The van der Waals surface area contributed by atoms with E-state index in [0.717, 1.165) is 23.4 Å². The lowest BCUT2D eigenvalue weighted by Gasteiger charge is -2.23. The maximum atomic E-state index is 3.88. The summed E-state index contributed by atoms with van der Waals surface area (Å²) in [5.41, 5.74) is 0. The molecule has 0 aromatic rings. The van der Waals surface area contributed by atoms with Crippen LogP contribution in [0.4, 0.5) is 0 Å². The molecule has 0 amide bonds. The van der Waals surface area contributed by atoms with Gasteiger partial charge in [0.1, 0.15) is 0 Å². The minimum atomic E-state index is 0.739. The Labute approximate surface area is 98.2 Å². The van der Waals surface area contributed by atoms with Gasteiger partial charge in [0, 0.05) is 29.9 Å².